The minimum Gasteiger partial charge on any atom is -0.228 e. The number of alkyl halides is 3. The second-order valence-corrected chi connectivity index (χ2v) is 9.73. The van der Waals surface area contributed by atoms with Crippen LogP contribution in [0.4, 0.5) is 13.2 Å². The first-order valence-corrected chi connectivity index (χ1v) is 11.3. The molecular weight excluding hydrogens is 413 g/mol. The molecule has 0 aliphatic carbocycles. The average molecular weight is 430 g/mol. The third-order valence-electron chi connectivity index (χ3n) is 4.78. The van der Waals surface area contributed by atoms with Gasteiger partial charge < -0.3 is 0 Å². The van der Waals surface area contributed by atoms with Crippen molar-refractivity contribution in [2.75, 3.05) is 19.3 Å². The molecule has 28 heavy (non-hydrogen) atoms. The van der Waals surface area contributed by atoms with Crippen molar-refractivity contribution in [3.63, 3.8) is 0 Å². The summed E-state index contributed by atoms with van der Waals surface area (Å²) in [6, 6.07) is 6.00. The Bertz CT molecular complexity index is 1110. The van der Waals surface area contributed by atoms with Crippen LogP contribution in [-0.4, -0.2) is 46.7 Å². The molecule has 1 unspecified atom stereocenters. The van der Waals surface area contributed by atoms with Crippen molar-refractivity contribution in [2.45, 2.75) is 24.9 Å². The number of thiophene rings is 1. The van der Waals surface area contributed by atoms with E-state index >= 15 is 0 Å². The van der Waals surface area contributed by atoms with Gasteiger partial charge in [0.1, 0.15) is 0 Å². The van der Waals surface area contributed by atoms with Crippen molar-refractivity contribution in [3.8, 4) is 10.6 Å². The van der Waals surface area contributed by atoms with Gasteiger partial charge in [0.05, 0.1) is 22.5 Å². The molecule has 1 fully saturated rings. The van der Waals surface area contributed by atoms with Gasteiger partial charge in [-0.2, -0.15) is 18.3 Å². The van der Waals surface area contributed by atoms with E-state index in [1.54, 1.807) is 17.5 Å². The number of nitrogens with zero attached hydrogens (tertiary/aromatic N) is 4. The van der Waals surface area contributed by atoms with E-state index in [9.17, 15) is 21.6 Å². The van der Waals surface area contributed by atoms with Crippen LogP contribution >= 0.6 is 11.3 Å². The van der Waals surface area contributed by atoms with Gasteiger partial charge in [0.15, 0.2) is 11.3 Å². The van der Waals surface area contributed by atoms with Crippen LogP contribution in [-0.2, 0) is 16.2 Å². The quantitative estimate of drug-likeness (QED) is 0.637. The molecule has 1 aliphatic rings. The Hall–Kier alpha value is -1.98. The first-order chi connectivity index (χ1) is 13.1. The fourth-order valence-corrected chi connectivity index (χ4v) is 5.03. The Balaban J connectivity index is 1.80. The van der Waals surface area contributed by atoms with Crippen LogP contribution in [0.1, 0.15) is 30.1 Å². The number of halogens is 3. The van der Waals surface area contributed by atoms with Gasteiger partial charge in [-0.25, -0.2) is 22.2 Å². The summed E-state index contributed by atoms with van der Waals surface area (Å²) in [6.45, 7) is 0.624. The fraction of sp³-hybridized carbons (Fsp3) is 0.412. The standard InChI is InChI=1S/C17H17F3N4O2S2/c1-28(25,26)23-6-2-4-11(10-23)12-9-16-21-13(14-5-3-7-27-14)8-15(17(18,19)20)24(16)22-12/h3,5,7-9,11H,2,4,6,10H2,1H3. The molecule has 11 heteroatoms. The lowest BCUT2D eigenvalue weighted by atomic mass is 9.96. The first kappa shape index (κ1) is 19.3. The van der Waals surface area contributed by atoms with E-state index in [-0.39, 0.29) is 23.8 Å². The summed E-state index contributed by atoms with van der Waals surface area (Å²) < 4.78 is 66.7. The van der Waals surface area contributed by atoms with Crippen molar-refractivity contribution in [1.29, 1.82) is 0 Å². The maximum atomic E-state index is 13.6. The van der Waals surface area contributed by atoms with E-state index in [0.29, 0.717) is 30.0 Å². The average Bonchev–Trinajstić information content (AvgIpc) is 3.29. The van der Waals surface area contributed by atoms with Gasteiger partial charge in [0.2, 0.25) is 10.0 Å². The van der Waals surface area contributed by atoms with Gasteiger partial charge in [0, 0.05) is 25.1 Å². The molecule has 1 aliphatic heterocycles. The summed E-state index contributed by atoms with van der Waals surface area (Å²) in [6.07, 6.45) is -2.17. The van der Waals surface area contributed by atoms with E-state index < -0.39 is 21.9 Å². The summed E-state index contributed by atoms with van der Waals surface area (Å²) in [4.78, 5) is 4.99. The number of piperidine rings is 1. The Morgan fingerprint density at radius 1 is 1.29 bits per heavy atom. The highest BCUT2D eigenvalue weighted by Gasteiger charge is 2.36. The molecule has 6 nitrogen and oxygen atoms in total. The van der Waals surface area contributed by atoms with Crippen LogP contribution < -0.4 is 0 Å². The number of rotatable bonds is 3. The van der Waals surface area contributed by atoms with Gasteiger partial charge >= 0.3 is 6.18 Å². The summed E-state index contributed by atoms with van der Waals surface area (Å²) in [5.41, 5.74) is -0.134. The van der Waals surface area contributed by atoms with E-state index in [0.717, 1.165) is 16.8 Å². The van der Waals surface area contributed by atoms with E-state index in [1.165, 1.54) is 21.7 Å². The van der Waals surface area contributed by atoms with Crippen molar-refractivity contribution in [2.24, 2.45) is 0 Å². The predicted molar refractivity (Wildman–Crippen MR) is 99.7 cm³/mol. The summed E-state index contributed by atoms with van der Waals surface area (Å²) in [5, 5.41) is 5.93. The molecule has 0 N–H and O–H groups in total. The second-order valence-electron chi connectivity index (χ2n) is 6.80. The van der Waals surface area contributed by atoms with E-state index in [2.05, 4.69) is 10.1 Å². The van der Waals surface area contributed by atoms with Crippen LogP contribution in [0.3, 0.4) is 0 Å². The molecule has 3 aromatic rings. The minimum absolute atomic E-state index is 0.102. The third-order valence-corrected chi connectivity index (χ3v) is 6.94. The van der Waals surface area contributed by atoms with Gasteiger partial charge in [-0.15, -0.1) is 11.3 Å². The fourth-order valence-electron chi connectivity index (χ4n) is 3.43. The maximum Gasteiger partial charge on any atom is 0.433 e. The van der Waals surface area contributed by atoms with Gasteiger partial charge in [0.25, 0.3) is 0 Å². The second kappa shape index (κ2) is 6.82. The molecule has 0 bridgehead atoms. The highest BCUT2D eigenvalue weighted by Crippen LogP contribution is 2.35. The molecule has 1 saturated heterocycles. The Morgan fingerprint density at radius 3 is 2.71 bits per heavy atom. The molecule has 0 radical (unpaired) electrons. The van der Waals surface area contributed by atoms with Gasteiger partial charge in [-0.1, -0.05) is 6.07 Å². The van der Waals surface area contributed by atoms with E-state index in [1.807, 2.05) is 0 Å². The zero-order valence-electron chi connectivity index (χ0n) is 14.8. The largest absolute Gasteiger partial charge is 0.433 e. The van der Waals surface area contributed by atoms with Gasteiger partial charge in [-0.05, 0) is 30.4 Å². The number of hydrogen-bond acceptors (Lipinski definition) is 5. The molecule has 150 valence electrons. The van der Waals surface area contributed by atoms with Crippen LogP contribution in [0.2, 0.25) is 0 Å². The van der Waals surface area contributed by atoms with Crippen molar-refractivity contribution in [1.82, 2.24) is 18.9 Å². The number of fused-ring (bicyclic) bond motifs is 1. The SMILES string of the molecule is CS(=O)(=O)N1CCCC(c2cc3nc(-c4cccs4)cc(C(F)(F)F)n3n2)C1. The topological polar surface area (TPSA) is 67.6 Å². The van der Waals surface area contributed by atoms with E-state index in [4.69, 9.17) is 0 Å². The zero-order valence-corrected chi connectivity index (χ0v) is 16.5. The summed E-state index contributed by atoms with van der Waals surface area (Å²) in [7, 11) is -3.36. The molecule has 1 atom stereocenters. The molecule has 0 amide bonds. The van der Waals surface area contributed by atoms with Crippen molar-refractivity contribution in [3.05, 3.63) is 41.0 Å². The predicted octanol–water partition coefficient (Wildman–Crippen LogP) is 3.62. The van der Waals surface area contributed by atoms with Crippen LogP contribution in [0.25, 0.3) is 16.2 Å². The number of aromatic nitrogens is 3. The maximum absolute atomic E-state index is 13.6. The van der Waals surface area contributed by atoms with Gasteiger partial charge in [-0.3, -0.25) is 0 Å². The van der Waals surface area contributed by atoms with Crippen LogP contribution in [0.5, 0.6) is 0 Å². The smallest absolute Gasteiger partial charge is 0.228 e. The monoisotopic (exact) mass is 430 g/mol. The lowest BCUT2D eigenvalue weighted by molar-refractivity contribution is -0.142. The molecule has 0 saturated carbocycles. The minimum atomic E-state index is -4.60. The highest BCUT2D eigenvalue weighted by molar-refractivity contribution is 7.88. The number of hydrogen-bond donors (Lipinski definition) is 0. The Kier molecular flexibility index (Phi) is 4.71. The Morgan fingerprint density at radius 2 is 2.07 bits per heavy atom. The lowest BCUT2D eigenvalue weighted by Gasteiger charge is -2.29. The first-order valence-electron chi connectivity index (χ1n) is 8.60. The third kappa shape index (κ3) is 3.65. The Labute approximate surface area is 163 Å². The number of sulfonamides is 1. The normalized spacial score (nSPS) is 19.4. The summed E-state index contributed by atoms with van der Waals surface area (Å²) in [5.74, 6) is -0.267. The van der Waals surface area contributed by atoms with Crippen molar-refractivity contribution < 1.29 is 21.6 Å². The van der Waals surface area contributed by atoms with Crippen LogP contribution in [0.15, 0.2) is 29.6 Å². The summed E-state index contributed by atoms with van der Waals surface area (Å²) >= 11 is 1.31. The van der Waals surface area contributed by atoms with Crippen molar-refractivity contribution >= 4 is 27.0 Å². The molecule has 0 spiro atoms. The molecule has 0 aromatic carbocycles. The highest BCUT2D eigenvalue weighted by atomic mass is 32.2. The van der Waals surface area contributed by atoms with Crippen LogP contribution in [0, 0.1) is 0 Å². The molecular formula is C17H17F3N4O2S2. The zero-order chi connectivity index (χ0) is 20.1. The lowest BCUT2D eigenvalue weighted by Crippen LogP contribution is -2.38. The molecule has 4 heterocycles. The molecule has 3 aromatic heterocycles. The molecule has 4 rings (SSSR count).